The van der Waals surface area contributed by atoms with Gasteiger partial charge in [0.1, 0.15) is 11.7 Å². The van der Waals surface area contributed by atoms with Crippen molar-refractivity contribution in [3.8, 4) is 0 Å². The number of carbonyl (C=O) groups excluding carboxylic acids is 1. The monoisotopic (exact) mass is 345 g/mol. The Morgan fingerprint density at radius 2 is 1.80 bits per heavy atom. The first kappa shape index (κ1) is 18.4. The number of urea groups is 1. The summed E-state index contributed by atoms with van der Waals surface area (Å²) in [5.41, 5.74) is -0.881. The number of benzene rings is 1. The third kappa shape index (κ3) is 4.34. The van der Waals surface area contributed by atoms with Crippen LogP contribution in [0.4, 0.5) is 10.7 Å². The minimum Gasteiger partial charge on any atom is -0.481 e. The van der Waals surface area contributed by atoms with E-state index in [1.54, 1.807) is 35.9 Å². The van der Waals surface area contributed by atoms with Gasteiger partial charge in [-0.15, -0.1) is 5.10 Å². The van der Waals surface area contributed by atoms with Crippen molar-refractivity contribution >= 4 is 17.9 Å². The predicted octanol–water partition coefficient (Wildman–Crippen LogP) is 2.20. The molecule has 2 rings (SSSR count). The summed E-state index contributed by atoms with van der Waals surface area (Å²) in [6.45, 7) is 7.38. The zero-order chi connectivity index (χ0) is 18.7. The van der Waals surface area contributed by atoms with Gasteiger partial charge in [0.15, 0.2) is 0 Å². The fourth-order valence-corrected chi connectivity index (χ4v) is 2.15. The normalized spacial score (nSPS) is 13.8. The van der Waals surface area contributed by atoms with Crippen molar-refractivity contribution in [2.24, 2.45) is 0 Å². The fraction of sp³-hybridized carbons (Fsp3) is 0.412. The highest BCUT2D eigenvalue weighted by molar-refractivity contribution is 5.88. The first-order valence-electron chi connectivity index (χ1n) is 7.89. The molecule has 0 aliphatic carbocycles. The molecule has 3 N–H and O–H groups in total. The summed E-state index contributed by atoms with van der Waals surface area (Å²) >= 11 is 0. The summed E-state index contributed by atoms with van der Waals surface area (Å²) in [5.74, 6) is -0.863. The van der Waals surface area contributed by atoms with Gasteiger partial charge in [0.05, 0.1) is 5.54 Å². The van der Waals surface area contributed by atoms with Crippen molar-refractivity contribution < 1.29 is 14.7 Å². The number of hydrogen-bond acceptors (Lipinski definition) is 4. The molecule has 1 unspecified atom stereocenters. The van der Waals surface area contributed by atoms with Crippen LogP contribution in [-0.2, 0) is 15.7 Å². The van der Waals surface area contributed by atoms with E-state index in [1.807, 2.05) is 26.8 Å². The maximum absolute atomic E-state index is 12.1. The van der Waals surface area contributed by atoms with E-state index in [9.17, 15) is 14.7 Å². The van der Waals surface area contributed by atoms with Gasteiger partial charge < -0.3 is 10.4 Å². The molecule has 1 aromatic carbocycles. The largest absolute Gasteiger partial charge is 0.481 e. The van der Waals surface area contributed by atoms with Crippen LogP contribution >= 0.6 is 0 Å². The molecule has 0 aliphatic heterocycles. The molecule has 0 bridgehead atoms. The molecule has 1 atom stereocenters. The number of carboxylic acid groups (broad SMARTS) is 1. The Labute approximate surface area is 146 Å². The molecule has 8 nitrogen and oxygen atoms in total. The molecule has 0 spiro atoms. The highest BCUT2D eigenvalue weighted by atomic mass is 16.4. The topological polar surface area (TPSA) is 109 Å². The molecular formula is C17H23N5O3. The highest BCUT2D eigenvalue weighted by Crippen LogP contribution is 2.23. The summed E-state index contributed by atoms with van der Waals surface area (Å²) in [6.07, 6.45) is 1.53. The van der Waals surface area contributed by atoms with Gasteiger partial charge in [-0.3, -0.25) is 10.1 Å². The smallest absolute Gasteiger partial charge is 0.321 e. The van der Waals surface area contributed by atoms with Crippen LogP contribution in [0.2, 0.25) is 0 Å². The lowest BCUT2D eigenvalue weighted by atomic mass is 9.82. The lowest BCUT2D eigenvalue weighted by molar-refractivity contribution is -0.142. The first-order valence-corrected chi connectivity index (χ1v) is 7.89. The van der Waals surface area contributed by atoms with Crippen LogP contribution < -0.4 is 10.6 Å². The van der Waals surface area contributed by atoms with E-state index in [-0.39, 0.29) is 18.0 Å². The van der Waals surface area contributed by atoms with Crippen LogP contribution in [-0.4, -0.2) is 38.4 Å². The lowest BCUT2D eigenvalue weighted by Gasteiger charge is -2.25. The number of nitrogens with zero attached hydrogens (tertiary/aromatic N) is 3. The third-order valence-corrected chi connectivity index (χ3v) is 3.89. The third-order valence-electron chi connectivity index (χ3n) is 3.89. The van der Waals surface area contributed by atoms with Crippen LogP contribution in [0.5, 0.6) is 0 Å². The van der Waals surface area contributed by atoms with Crippen molar-refractivity contribution in [3.63, 3.8) is 0 Å². The maximum Gasteiger partial charge on any atom is 0.321 e. The van der Waals surface area contributed by atoms with Crippen LogP contribution in [0.15, 0.2) is 36.7 Å². The number of amides is 2. The maximum atomic E-state index is 12.1. The minimum atomic E-state index is -1.24. The van der Waals surface area contributed by atoms with Crippen molar-refractivity contribution in [2.45, 2.75) is 38.6 Å². The quantitative estimate of drug-likeness (QED) is 0.769. The van der Waals surface area contributed by atoms with Gasteiger partial charge in [0.2, 0.25) is 5.95 Å². The summed E-state index contributed by atoms with van der Waals surface area (Å²) in [4.78, 5) is 27.8. The summed E-state index contributed by atoms with van der Waals surface area (Å²) in [6, 6.07) is 8.22. The lowest BCUT2D eigenvalue weighted by Crippen LogP contribution is -2.45. The van der Waals surface area contributed by atoms with Gasteiger partial charge in [0, 0.05) is 6.54 Å². The van der Waals surface area contributed by atoms with Gasteiger partial charge in [-0.2, -0.15) is 0 Å². The van der Waals surface area contributed by atoms with Crippen LogP contribution in [0.1, 0.15) is 33.3 Å². The van der Waals surface area contributed by atoms with E-state index in [0.29, 0.717) is 5.56 Å². The molecule has 0 saturated carbocycles. The van der Waals surface area contributed by atoms with Crippen LogP contribution in [0, 0.1) is 0 Å². The van der Waals surface area contributed by atoms with Crippen LogP contribution in [0.25, 0.3) is 0 Å². The predicted molar refractivity (Wildman–Crippen MR) is 93.5 cm³/mol. The minimum absolute atomic E-state index is 0.0713. The number of aliphatic carboxylic acids is 1. The van der Waals surface area contributed by atoms with E-state index in [2.05, 4.69) is 20.7 Å². The summed E-state index contributed by atoms with van der Waals surface area (Å²) < 4.78 is 1.63. The number of hydrogen-bond donors (Lipinski definition) is 3. The molecule has 0 aliphatic rings. The summed E-state index contributed by atoms with van der Waals surface area (Å²) in [7, 11) is 0. The van der Waals surface area contributed by atoms with Crippen molar-refractivity contribution in [1.82, 2.24) is 20.1 Å². The van der Waals surface area contributed by atoms with E-state index in [0.717, 1.165) is 0 Å². The van der Waals surface area contributed by atoms with Gasteiger partial charge in [0.25, 0.3) is 0 Å². The van der Waals surface area contributed by atoms with E-state index in [1.165, 1.54) is 6.33 Å². The molecule has 0 fully saturated rings. The number of carbonyl (C=O) groups is 2. The van der Waals surface area contributed by atoms with Gasteiger partial charge >= 0.3 is 12.0 Å². The van der Waals surface area contributed by atoms with Crippen molar-refractivity contribution in [1.29, 1.82) is 0 Å². The molecule has 0 saturated heterocycles. The second-order valence-corrected chi connectivity index (χ2v) is 6.99. The Morgan fingerprint density at radius 1 is 1.16 bits per heavy atom. The molecule has 1 heterocycles. The van der Waals surface area contributed by atoms with Gasteiger partial charge in [-0.1, -0.05) is 30.3 Å². The Hall–Kier alpha value is -2.90. The SMILES string of the molecule is CC(CNC(=O)Nc1ncn(C(C)(C)C)n1)(C(=O)O)c1ccccc1. The van der Waals surface area contributed by atoms with E-state index in [4.69, 9.17) is 0 Å². The van der Waals surface area contributed by atoms with Crippen molar-refractivity contribution in [2.75, 3.05) is 11.9 Å². The molecule has 134 valence electrons. The number of anilines is 1. The Bertz CT molecular complexity index is 751. The molecular weight excluding hydrogens is 322 g/mol. The fourth-order valence-electron chi connectivity index (χ4n) is 2.15. The number of carboxylic acids is 1. The zero-order valence-electron chi connectivity index (χ0n) is 14.8. The standard InChI is InChI=1S/C17H23N5O3/c1-16(2,3)22-11-19-14(21-22)20-15(25)18-10-17(4,13(23)24)12-8-6-5-7-9-12/h5-9,11H,10H2,1-4H3,(H,23,24)(H2,18,20,21,25). The average Bonchev–Trinajstić information content (AvgIpc) is 3.02. The molecule has 1 aromatic heterocycles. The number of aromatic nitrogens is 3. The van der Waals surface area contributed by atoms with Crippen molar-refractivity contribution in [3.05, 3.63) is 42.2 Å². The van der Waals surface area contributed by atoms with Gasteiger partial charge in [-0.05, 0) is 33.3 Å². The highest BCUT2D eigenvalue weighted by Gasteiger charge is 2.35. The molecule has 2 aromatic rings. The summed E-state index contributed by atoms with van der Waals surface area (Å²) in [5, 5.41) is 18.8. The number of rotatable bonds is 5. The van der Waals surface area contributed by atoms with E-state index < -0.39 is 17.4 Å². The number of nitrogens with one attached hydrogen (secondary N) is 2. The first-order chi connectivity index (χ1) is 11.6. The van der Waals surface area contributed by atoms with Gasteiger partial charge in [-0.25, -0.2) is 14.5 Å². The molecule has 0 radical (unpaired) electrons. The zero-order valence-corrected chi connectivity index (χ0v) is 14.8. The average molecular weight is 345 g/mol. The molecule has 2 amide bonds. The second kappa shape index (κ2) is 6.92. The molecule has 8 heteroatoms. The van der Waals surface area contributed by atoms with Crippen LogP contribution in [0.3, 0.4) is 0 Å². The Morgan fingerprint density at radius 3 is 2.32 bits per heavy atom. The van der Waals surface area contributed by atoms with E-state index >= 15 is 0 Å². The second-order valence-electron chi connectivity index (χ2n) is 6.99. The molecule has 25 heavy (non-hydrogen) atoms. The Kier molecular flexibility index (Phi) is 5.10. The Balaban J connectivity index is 2.02.